The Balaban J connectivity index is 1.58. The average Bonchev–Trinajstić information content (AvgIpc) is 2.95. The first-order valence-electron chi connectivity index (χ1n) is 13.7. The van der Waals surface area contributed by atoms with Gasteiger partial charge in [0.2, 0.25) is 10.0 Å². The van der Waals surface area contributed by atoms with Crippen LogP contribution in [0.4, 0.5) is 8.78 Å². The molecule has 0 fully saturated rings. The molecule has 0 bridgehead atoms. The van der Waals surface area contributed by atoms with E-state index in [0.717, 1.165) is 17.7 Å². The molecule has 0 radical (unpaired) electrons. The number of sulfonamides is 1. The van der Waals surface area contributed by atoms with Crippen LogP contribution in [0.3, 0.4) is 0 Å². The van der Waals surface area contributed by atoms with Crippen molar-refractivity contribution in [2.45, 2.75) is 52.9 Å². The average molecular weight is 640 g/mol. The number of benzene rings is 2. The molecule has 1 unspecified atom stereocenters. The highest BCUT2D eigenvalue weighted by atomic mass is 32.2. The molecule has 0 aromatic heterocycles. The van der Waals surface area contributed by atoms with Crippen LogP contribution in [-0.2, 0) is 45.9 Å². The molecular weight excluding hydrogens is 603 g/mol. The quantitative estimate of drug-likeness (QED) is 0.135. The van der Waals surface area contributed by atoms with Gasteiger partial charge in [-0.1, -0.05) is 30.3 Å². The molecule has 1 atom stereocenters. The second-order valence-electron chi connectivity index (χ2n) is 9.46. The molecule has 0 saturated heterocycles. The summed E-state index contributed by atoms with van der Waals surface area (Å²) in [6.45, 7) is 7.29. The van der Waals surface area contributed by atoms with Crippen molar-refractivity contribution < 1.29 is 45.1 Å². The molecule has 13 heteroatoms. The van der Waals surface area contributed by atoms with Gasteiger partial charge in [-0.25, -0.2) is 26.7 Å². The van der Waals surface area contributed by atoms with Crippen LogP contribution in [0.1, 0.15) is 50.8 Å². The van der Waals surface area contributed by atoms with Crippen molar-refractivity contribution in [2.75, 3.05) is 19.8 Å². The minimum Gasteiger partial charge on any atom is -0.480 e. The molecule has 3 rings (SSSR count). The minimum atomic E-state index is -3.88. The lowest BCUT2D eigenvalue weighted by molar-refractivity contribution is -0.138. The van der Waals surface area contributed by atoms with E-state index < -0.39 is 47.1 Å². The maximum absolute atomic E-state index is 14.7. The Morgan fingerprint density at radius 3 is 2.16 bits per heavy atom. The number of hydrogen-bond acceptors (Lipinski definition) is 8. The first-order valence-corrected chi connectivity index (χ1v) is 17.0. The first-order chi connectivity index (χ1) is 20.4. The number of nitrogens with one attached hydrogen (secondary N) is 1. The predicted molar refractivity (Wildman–Crippen MR) is 160 cm³/mol. The molecule has 2 aromatic carbocycles. The van der Waals surface area contributed by atoms with Gasteiger partial charge in [0.25, 0.3) is 0 Å². The number of carbonyl (C=O) groups excluding carboxylic acids is 1. The van der Waals surface area contributed by atoms with E-state index in [9.17, 15) is 26.6 Å². The van der Waals surface area contributed by atoms with Gasteiger partial charge in [0.15, 0.2) is 17.4 Å². The molecule has 9 nitrogen and oxygen atoms in total. The molecular formula is C30H36F2NO8PS. The van der Waals surface area contributed by atoms with E-state index in [2.05, 4.69) is 4.72 Å². The number of hydrogen-bond donors (Lipinski definition) is 1. The maximum Gasteiger partial charge on any atom is 0.335 e. The molecule has 1 N–H and O–H groups in total. The summed E-state index contributed by atoms with van der Waals surface area (Å²) in [7, 11) is -7.14. The maximum atomic E-state index is 14.7. The fraction of sp³-hybridized carbons (Fsp3) is 0.367. The van der Waals surface area contributed by atoms with E-state index >= 15 is 0 Å². The molecule has 234 valence electrons. The Hall–Kier alpha value is -3.15. The predicted octanol–water partition coefficient (Wildman–Crippen LogP) is 6.41. The zero-order valence-electron chi connectivity index (χ0n) is 24.5. The van der Waals surface area contributed by atoms with Crippen LogP contribution in [0.15, 0.2) is 65.1 Å². The van der Waals surface area contributed by atoms with E-state index in [0.29, 0.717) is 5.56 Å². The lowest BCUT2D eigenvalue weighted by Gasteiger charge is -2.19. The van der Waals surface area contributed by atoms with Crippen LogP contribution >= 0.6 is 7.60 Å². The van der Waals surface area contributed by atoms with Crippen LogP contribution in [0.5, 0.6) is 5.75 Å². The Bertz CT molecular complexity index is 1500. The third-order valence-corrected chi connectivity index (χ3v) is 9.63. The van der Waals surface area contributed by atoms with Crippen LogP contribution in [-0.4, -0.2) is 40.3 Å². The van der Waals surface area contributed by atoms with Gasteiger partial charge in [0.1, 0.15) is 6.10 Å². The molecule has 0 saturated carbocycles. The highest BCUT2D eigenvalue weighted by Crippen LogP contribution is 2.51. The van der Waals surface area contributed by atoms with Crippen molar-refractivity contribution in [3.63, 3.8) is 0 Å². The summed E-state index contributed by atoms with van der Waals surface area (Å²) in [6, 6.07) is 8.98. The highest BCUT2D eigenvalue weighted by molar-refractivity contribution is 7.93. The molecule has 0 spiro atoms. The van der Waals surface area contributed by atoms with Crippen molar-refractivity contribution in [3.05, 3.63) is 93.4 Å². The van der Waals surface area contributed by atoms with Gasteiger partial charge >= 0.3 is 13.6 Å². The van der Waals surface area contributed by atoms with Gasteiger partial charge in [-0.05, 0) is 74.7 Å². The number of carbonyl (C=O) groups is 1. The zero-order chi connectivity index (χ0) is 31.6. The fourth-order valence-corrected chi connectivity index (χ4v) is 6.92. The summed E-state index contributed by atoms with van der Waals surface area (Å²) in [5, 5.41) is 0. The van der Waals surface area contributed by atoms with Crippen molar-refractivity contribution in [1.82, 2.24) is 4.72 Å². The molecule has 2 aromatic rings. The van der Waals surface area contributed by atoms with E-state index in [4.69, 9.17) is 18.5 Å². The number of ether oxygens (including phenoxy) is 2. The molecule has 1 aliphatic carbocycles. The third kappa shape index (κ3) is 9.94. The summed E-state index contributed by atoms with van der Waals surface area (Å²) in [6.07, 6.45) is 4.80. The lowest BCUT2D eigenvalue weighted by atomic mass is 10.1. The summed E-state index contributed by atoms with van der Waals surface area (Å²) in [5.41, 5.74) is 1.71. The Morgan fingerprint density at radius 2 is 1.63 bits per heavy atom. The molecule has 0 aliphatic heterocycles. The second kappa shape index (κ2) is 15.5. The summed E-state index contributed by atoms with van der Waals surface area (Å²) in [5.74, 6) is -3.14. The number of halogens is 2. The third-order valence-electron chi connectivity index (χ3n) is 6.12. The van der Waals surface area contributed by atoms with E-state index in [1.165, 1.54) is 31.2 Å². The van der Waals surface area contributed by atoms with Gasteiger partial charge in [0, 0.05) is 18.5 Å². The van der Waals surface area contributed by atoms with Crippen LogP contribution in [0, 0.1) is 11.6 Å². The topological polar surface area (TPSA) is 117 Å². The zero-order valence-corrected chi connectivity index (χ0v) is 26.2. The van der Waals surface area contributed by atoms with Gasteiger partial charge in [-0.15, -0.1) is 0 Å². The molecule has 43 heavy (non-hydrogen) atoms. The van der Waals surface area contributed by atoms with E-state index in [1.807, 2.05) is 0 Å². The molecule has 1 aliphatic rings. The summed E-state index contributed by atoms with van der Waals surface area (Å²) in [4.78, 5) is 11.8. The van der Waals surface area contributed by atoms with Crippen molar-refractivity contribution in [3.8, 4) is 5.75 Å². The van der Waals surface area contributed by atoms with Crippen molar-refractivity contribution in [1.29, 1.82) is 0 Å². The molecule has 0 heterocycles. The Kier molecular flexibility index (Phi) is 12.4. The summed E-state index contributed by atoms with van der Waals surface area (Å²) >= 11 is 0. The number of allylic oxidation sites excluding steroid dienone is 1. The van der Waals surface area contributed by atoms with Gasteiger partial charge < -0.3 is 18.5 Å². The minimum absolute atomic E-state index is 0.00536. The second-order valence-corrected chi connectivity index (χ2v) is 13.3. The van der Waals surface area contributed by atoms with E-state index in [1.54, 1.807) is 45.0 Å². The van der Waals surface area contributed by atoms with Gasteiger partial charge in [0.05, 0.1) is 30.9 Å². The van der Waals surface area contributed by atoms with Crippen molar-refractivity contribution in [2.24, 2.45) is 0 Å². The Labute approximate surface area is 251 Å². The molecule has 0 amide bonds. The van der Waals surface area contributed by atoms with Gasteiger partial charge in [-0.3, -0.25) is 4.57 Å². The first kappa shape index (κ1) is 34.3. The smallest absolute Gasteiger partial charge is 0.335 e. The summed E-state index contributed by atoms with van der Waals surface area (Å²) < 4.78 is 91.3. The van der Waals surface area contributed by atoms with Crippen LogP contribution in [0.2, 0.25) is 0 Å². The monoisotopic (exact) mass is 639 g/mol. The lowest BCUT2D eigenvalue weighted by Crippen LogP contribution is -2.26. The number of esters is 1. The van der Waals surface area contributed by atoms with E-state index in [-0.39, 0.29) is 55.0 Å². The van der Waals surface area contributed by atoms with Crippen molar-refractivity contribution >= 4 is 29.7 Å². The largest absolute Gasteiger partial charge is 0.480 e. The number of rotatable bonds is 15. The van der Waals surface area contributed by atoms with Gasteiger partial charge in [-0.2, -0.15) is 0 Å². The SMILES string of the molecule is CCOC(=O)/C(C)=C/c1cc(F)c(OC2C=CC(S(=O)(=O)NCc3ccc(CP(=O)(OCC)OCC)cc3)=CC2)c(F)c1. The standard InChI is InChI=1S/C30H36F2NO8PS/c1-5-38-30(34)21(4)16-24-17-27(31)29(28(32)18-24)41-25-12-14-26(15-13-25)43(36,37)33-19-22-8-10-23(11-9-22)20-42(35,39-6-2)40-7-3/h8-12,14-18,25,33H,5-7,13,19-20H2,1-4H3/b21-16+. The fourth-order valence-electron chi connectivity index (χ4n) is 4.12. The van der Waals surface area contributed by atoms with Crippen LogP contribution in [0.25, 0.3) is 6.08 Å². The normalized spacial score (nSPS) is 15.7. The van der Waals surface area contributed by atoms with Crippen LogP contribution < -0.4 is 9.46 Å². The highest BCUT2D eigenvalue weighted by Gasteiger charge is 2.25. The Morgan fingerprint density at radius 1 is 1.02 bits per heavy atom.